The molecule has 1 amide bonds. The molecule has 5 heteroatoms. The molecule has 2 atom stereocenters. The van der Waals surface area contributed by atoms with E-state index in [9.17, 15) is 4.79 Å². The first kappa shape index (κ1) is 14.2. The standard InChI is InChI=1S/C16H23N3O2/c1-11-9-16(15(17)20,10-19(11)13-5-6-13)18-12-3-7-14(21-2)8-4-12/h3-4,7-8,11,13,18H,5-6,9-10H2,1-2H3,(H2,17,20). The van der Waals surface area contributed by atoms with Gasteiger partial charge in [-0.1, -0.05) is 0 Å². The number of primary amides is 1. The van der Waals surface area contributed by atoms with Crippen LogP contribution in [-0.2, 0) is 4.79 Å². The van der Waals surface area contributed by atoms with Crippen LogP contribution in [0.15, 0.2) is 24.3 Å². The van der Waals surface area contributed by atoms with Crippen molar-refractivity contribution >= 4 is 11.6 Å². The maximum absolute atomic E-state index is 12.1. The van der Waals surface area contributed by atoms with E-state index < -0.39 is 5.54 Å². The molecule has 1 aliphatic carbocycles. The average Bonchev–Trinajstić information content (AvgIpc) is 3.25. The summed E-state index contributed by atoms with van der Waals surface area (Å²) in [5.41, 5.74) is 5.96. The number of carbonyl (C=O) groups is 1. The summed E-state index contributed by atoms with van der Waals surface area (Å²) in [5.74, 6) is 0.529. The van der Waals surface area contributed by atoms with Crippen molar-refractivity contribution in [3.05, 3.63) is 24.3 Å². The van der Waals surface area contributed by atoms with Crippen LogP contribution in [0.4, 0.5) is 5.69 Å². The van der Waals surface area contributed by atoms with Gasteiger partial charge in [-0.25, -0.2) is 0 Å². The van der Waals surface area contributed by atoms with E-state index >= 15 is 0 Å². The number of carbonyl (C=O) groups excluding carboxylic acids is 1. The molecule has 21 heavy (non-hydrogen) atoms. The Morgan fingerprint density at radius 2 is 2.05 bits per heavy atom. The van der Waals surface area contributed by atoms with Crippen LogP contribution in [0.2, 0.25) is 0 Å². The van der Waals surface area contributed by atoms with Gasteiger partial charge in [-0.2, -0.15) is 0 Å². The summed E-state index contributed by atoms with van der Waals surface area (Å²) in [7, 11) is 1.64. The van der Waals surface area contributed by atoms with Gasteiger partial charge in [0.2, 0.25) is 5.91 Å². The van der Waals surface area contributed by atoms with Gasteiger partial charge < -0.3 is 15.8 Å². The number of benzene rings is 1. The Morgan fingerprint density at radius 1 is 1.38 bits per heavy atom. The summed E-state index contributed by atoms with van der Waals surface area (Å²) >= 11 is 0. The third-order valence-electron chi connectivity index (χ3n) is 4.62. The molecular formula is C16H23N3O2. The number of nitrogens with one attached hydrogen (secondary N) is 1. The number of hydrogen-bond acceptors (Lipinski definition) is 4. The Morgan fingerprint density at radius 3 is 2.57 bits per heavy atom. The van der Waals surface area contributed by atoms with Crippen LogP contribution < -0.4 is 15.8 Å². The zero-order valence-electron chi connectivity index (χ0n) is 12.6. The fourth-order valence-electron chi connectivity index (χ4n) is 3.33. The number of nitrogens with two attached hydrogens (primary N) is 1. The van der Waals surface area contributed by atoms with E-state index in [-0.39, 0.29) is 5.91 Å². The SMILES string of the molecule is COc1ccc(NC2(C(N)=O)CC(C)N(C3CC3)C2)cc1. The summed E-state index contributed by atoms with van der Waals surface area (Å²) in [4.78, 5) is 14.5. The lowest BCUT2D eigenvalue weighted by Gasteiger charge is -2.28. The second-order valence-corrected chi connectivity index (χ2v) is 6.26. The Labute approximate surface area is 125 Å². The first-order valence-electron chi connectivity index (χ1n) is 7.52. The fourth-order valence-corrected chi connectivity index (χ4v) is 3.33. The minimum Gasteiger partial charge on any atom is -0.497 e. The number of nitrogens with zero attached hydrogens (tertiary/aromatic N) is 1. The summed E-state index contributed by atoms with van der Waals surface area (Å²) in [6, 6.07) is 8.64. The second-order valence-electron chi connectivity index (χ2n) is 6.26. The molecule has 3 N–H and O–H groups in total. The summed E-state index contributed by atoms with van der Waals surface area (Å²) in [6.07, 6.45) is 3.23. The van der Waals surface area contributed by atoms with Gasteiger partial charge in [0.05, 0.1) is 7.11 Å². The highest BCUT2D eigenvalue weighted by atomic mass is 16.5. The van der Waals surface area contributed by atoms with Crippen LogP contribution >= 0.6 is 0 Å². The highest BCUT2D eigenvalue weighted by Crippen LogP contribution is 2.38. The third kappa shape index (κ3) is 2.70. The lowest BCUT2D eigenvalue weighted by atomic mass is 9.95. The number of methoxy groups -OCH3 is 1. The van der Waals surface area contributed by atoms with Crippen molar-refractivity contribution in [3.8, 4) is 5.75 Å². The van der Waals surface area contributed by atoms with Crippen LogP contribution in [0.3, 0.4) is 0 Å². The average molecular weight is 289 g/mol. The number of hydrogen-bond donors (Lipinski definition) is 2. The summed E-state index contributed by atoms with van der Waals surface area (Å²) < 4.78 is 5.16. The Balaban J connectivity index is 1.79. The number of anilines is 1. The van der Waals surface area contributed by atoms with Gasteiger partial charge in [0.25, 0.3) is 0 Å². The molecule has 2 fully saturated rings. The van der Waals surface area contributed by atoms with Gasteiger partial charge in [-0.05, 0) is 50.5 Å². The molecule has 0 spiro atoms. The maximum Gasteiger partial charge on any atom is 0.244 e. The molecule has 1 aromatic carbocycles. The van der Waals surface area contributed by atoms with Crippen LogP contribution in [0, 0.1) is 0 Å². The predicted molar refractivity (Wildman–Crippen MR) is 82.3 cm³/mol. The monoisotopic (exact) mass is 289 g/mol. The molecule has 114 valence electrons. The summed E-state index contributed by atoms with van der Waals surface area (Å²) in [6.45, 7) is 2.87. The van der Waals surface area contributed by atoms with Crippen molar-refractivity contribution in [2.24, 2.45) is 5.73 Å². The molecule has 1 saturated heterocycles. The zero-order valence-corrected chi connectivity index (χ0v) is 12.6. The molecule has 2 unspecified atom stereocenters. The number of likely N-dealkylation sites (tertiary alicyclic amines) is 1. The molecule has 1 aromatic rings. The van der Waals surface area contributed by atoms with E-state index in [0.29, 0.717) is 18.6 Å². The Kier molecular flexibility index (Phi) is 3.53. The highest BCUT2D eigenvalue weighted by Gasteiger charge is 2.50. The van der Waals surface area contributed by atoms with Gasteiger partial charge in [0.15, 0.2) is 0 Å². The molecule has 2 aliphatic rings. The summed E-state index contributed by atoms with van der Waals surface area (Å²) in [5, 5.41) is 3.38. The van der Waals surface area contributed by atoms with Gasteiger partial charge in [-0.3, -0.25) is 9.69 Å². The van der Waals surface area contributed by atoms with Crippen molar-refractivity contribution < 1.29 is 9.53 Å². The van der Waals surface area contributed by atoms with Crippen LogP contribution in [0.25, 0.3) is 0 Å². The van der Waals surface area contributed by atoms with Gasteiger partial charge in [0.1, 0.15) is 11.3 Å². The largest absolute Gasteiger partial charge is 0.497 e. The van der Waals surface area contributed by atoms with Gasteiger partial charge in [0, 0.05) is 24.3 Å². The minimum atomic E-state index is -0.670. The van der Waals surface area contributed by atoms with Gasteiger partial charge >= 0.3 is 0 Å². The van der Waals surface area contributed by atoms with E-state index in [1.54, 1.807) is 7.11 Å². The van der Waals surface area contributed by atoms with Crippen molar-refractivity contribution in [1.82, 2.24) is 4.90 Å². The molecule has 0 bridgehead atoms. The number of rotatable bonds is 5. The second kappa shape index (κ2) is 5.22. The fraction of sp³-hybridized carbons (Fsp3) is 0.562. The Hall–Kier alpha value is -1.75. The highest BCUT2D eigenvalue weighted by molar-refractivity contribution is 5.89. The van der Waals surface area contributed by atoms with Crippen LogP contribution in [-0.4, -0.2) is 42.1 Å². The van der Waals surface area contributed by atoms with Gasteiger partial charge in [-0.15, -0.1) is 0 Å². The quantitative estimate of drug-likeness (QED) is 0.864. The molecular weight excluding hydrogens is 266 g/mol. The van der Waals surface area contributed by atoms with E-state index in [1.165, 1.54) is 12.8 Å². The molecule has 0 aromatic heterocycles. The first-order chi connectivity index (χ1) is 10.0. The van der Waals surface area contributed by atoms with Crippen LogP contribution in [0.1, 0.15) is 26.2 Å². The molecule has 5 nitrogen and oxygen atoms in total. The molecule has 1 saturated carbocycles. The zero-order chi connectivity index (χ0) is 15.0. The van der Waals surface area contributed by atoms with Crippen molar-refractivity contribution in [2.45, 2.75) is 43.8 Å². The number of ether oxygens (including phenoxy) is 1. The Bertz CT molecular complexity index is 527. The molecule has 3 rings (SSSR count). The van der Waals surface area contributed by atoms with Crippen molar-refractivity contribution in [1.29, 1.82) is 0 Å². The van der Waals surface area contributed by atoms with E-state index in [4.69, 9.17) is 10.5 Å². The normalized spacial score (nSPS) is 29.3. The van der Waals surface area contributed by atoms with E-state index in [1.807, 2.05) is 24.3 Å². The van der Waals surface area contributed by atoms with Crippen LogP contribution in [0.5, 0.6) is 5.75 Å². The predicted octanol–water partition coefficient (Wildman–Crippen LogP) is 1.59. The molecule has 1 aliphatic heterocycles. The van der Waals surface area contributed by atoms with E-state index in [0.717, 1.165) is 17.9 Å². The third-order valence-corrected chi connectivity index (χ3v) is 4.62. The molecule has 1 heterocycles. The topological polar surface area (TPSA) is 67.6 Å². The minimum absolute atomic E-state index is 0.270. The van der Waals surface area contributed by atoms with E-state index in [2.05, 4.69) is 17.1 Å². The lowest BCUT2D eigenvalue weighted by Crippen LogP contribution is -2.52. The first-order valence-corrected chi connectivity index (χ1v) is 7.52. The lowest BCUT2D eigenvalue weighted by molar-refractivity contribution is -0.121. The number of amides is 1. The maximum atomic E-state index is 12.1. The van der Waals surface area contributed by atoms with Crippen molar-refractivity contribution in [3.63, 3.8) is 0 Å². The smallest absolute Gasteiger partial charge is 0.244 e. The molecule has 0 radical (unpaired) electrons. The van der Waals surface area contributed by atoms with Crippen molar-refractivity contribution in [2.75, 3.05) is 19.0 Å².